The highest BCUT2D eigenvalue weighted by atomic mass is 16.5. The predicted molar refractivity (Wildman–Crippen MR) is 343 cm³/mol. The Morgan fingerprint density at radius 3 is 1.43 bits per heavy atom. The van der Waals surface area contributed by atoms with E-state index >= 15 is 0 Å². The van der Waals surface area contributed by atoms with Gasteiger partial charge in [-0.3, -0.25) is 0 Å². The van der Waals surface area contributed by atoms with Gasteiger partial charge in [0, 0.05) is 84.9 Å². The second kappa shape index (κ2) is 17.5. The minimum atomic E-state index is -0.277. The van der Waals surface area contributed by atoms with Gasteiger partial charge in [-0.2, -0.15) is 0 Å². The van der Waals surface area contributed by atoms with E-state index in [1.54, 1.807) is 0 Å². The van der Waals surface area contributed by atoms with Crippen LogP contribution in [0.15, 0.2) is 260 Å². The Morgan fingerprint density at radius 2 is 0.915 bits per heavy atom. The maximum absolute atomic E-state index is 7.66. The molecule has 2 aromatic heterocycles. The summed E-state index contributed by atoms with van der Waals surface area (Å²) in [5, 5.41) is 4.85. The Kier molecular flexibility index (Phi) is 10.0. The summed E-state index contributed by atoms with van der Waals surface area (Å²) in [5.41, 5.74) is 22.8. The Morgan fingerprint density at radius 1 is 0.463 bits per heavy atom. The maximum Gasteiger partial charge on any atom is 0.256 e. The summed E-state index contributed by atoms with van der Waals surface area (Å²) in [6.45, 7) is 11.1. The molecule has 5 aliphatic rings. The molecule has 6 nitrogen and oxygen atoms in total. The number of para-hydroxylation sites is 6. The summed E-state index contributed by atoms with van der Waals surface area (Å²) in [6, 6.07) is 80.1. The lowest BCUT2D eigenvalue weighted by Crippen LogP contribution is -2.59. The van der Waals surface area contributed by atoms with Gasteiger partial charge >= 0.3 is 0 Å². The van der Waals surface area contributed by atoms with Crippen molar-refractivity contribution >= 4 is 107 Å². The summed E-state index contributed by atoms with van der Waals surface area (Å²) >= 11 is 0. The van der Waals surface area contributed by atoms with Crippen molar-refractivity contribution in [1.82, 2.24) is 9.13 Å². The van der Waals surface area contributed by atoms with Crippen LogP contribution >= 0.6 is 0 Å². The van der Waals surface area contributed by atoms with E-state index in [9.17, 15) is 0 Å². The van der Waals surface area contributed by atoms with E-state index in [1.807, 2.05) is 0 Å². The Balaban J connectivity index is 0.962. The number of rotatable bonds is 8. The van der Waals surface area contributed by atoms with Crippen LogP contribution in [0.4, 0.5) is 22.7 Å². The lowest BCUT2D eigenvalue weighted by atomic mass is 9.28. The van der Waals surface area contributed by atoms with Crippen LogP contribution in [0.5, 0.6) is 23.0 Å². The van der Waals surface area contributed by atoms with E-state index in [1.165, 1.54) is 49.3 Å². The van der Waals surface area contributed by atoms with Crippen LogP contribution in [0.2, 0.25) is 0 Å². The molecule has 8 heteroatoms. The first-order chi connectivity index (χ1) is 40.5. The van der Waals surface area contributed by atoms with Gasteiger partial charge in [0.05, 0.1) is 33.4 Å². The molecule has 6 heterocycles. The third-order valence-corrected chi connectivity index (χ3v) is 18.8. The third kappa shape index (κ3) is 6.21. The van der Waals surface area contributed by atoms with Crippen molar-refractivity contribution in [3.8, 4) is 34.4 Å². The summed E-state index contributed by atoms with van der Waals surface area (Å²) in [5.74, 6) is 3.24. The fourth-order valence-electron chi connectivity index (χ4n) is 15.4. The lowest BCUT2D eigenvalue weighted by molar-refractivity contribution is 0.464. The normalized spacial score (nSPS) is 15.2. The van der Waals surface area contributed by atoms with Crippen molar-refractivity contribution < 1.29 is 9.47 Å². The predicted octanol–water partition coefficient (Wildman–Crippen LogP) is 16.2. The molecule has 0 N–H and O–H groups in total. The molecule has 0 atom stereocenters. The number of anilines is 4. The van der Waals surface area contributed by atoms with E-state index in [0.29, 0.717) is 0 Å². The average Bonchev–Trinajstić information content (AvgIpc) is 2.56. The smallest absolute Gasteiger partial charge is 0.256 e. The topological polar surface area (TPSA) is 34.8 Å². The molecule has 82 heavy (non-hydrogen) atoms. The Labute approximate surface area is 477 Å². The van der Waals surface area contributed by atoms with Gasteiger partial charge in [-0.1, -0.05) is 178 Å². The van der Waals surface area contributed by atoms with E-state index in [4.69, 9.17) is 9.47 Å². The van der Waals surface area contributed by atoms with Crippen molar-refractivity contribution in [2.24, 2.45) is 0 Å². The number of allylic oxidation sites excluding steroid dienone is 5. The van der Waals surface area contributed by atoms with Crippen molar-refractivity contribution in [1.29, 1.82) is 0 Å². The van der Waals surface area contributed by atoms with Gasteiger partial charge in [-0.05, 0) is 119 Å². The second-order valence-corrected chi connectivity index (χ2v) is 22.5. The maximum atomic E-state index is 7.66. The first kappa shape index (κ1) is 47.0. The molecule has 1 aliphatic carbocycles. The highest BCUT2D eigenvalue weighted by Crippen LogP contribution is 2.58. The first-order valence-corrected chi connectivity index (χ1v) is 28.9. The van der Waals surface area contributed by atoms with Crippen LogP contribution in [0.1, 0.15) is 44.7 Å². The zero-order valence-corrected chi connectivity index (χ0v) is 45.9. The van der Waals surface area contributed by atoms with E-state index < -0.39 is 0 Å². The van der Waals surface area contributed by atoms with Crippen molar-refractivity contribution in [2.45, 2.75) is 39.0 Å². The first-order valence-electron chi connectivity index (χ1n) is 28.9. The second-order valence-electron chi connectivity index (χ2n) is 22.5. The molecule has 0 saturated heterocycles. The van der Waals surface area contributed by atoms with Crippen LogP contribution in [-0.4, -0.2) is 22.6 Å². The largest absolute Gasteiger partial charge is 0.458 e. The molecule has 0 unspecified atom stereocenters. The molecule has 17 rings (SSSR count). The molecule has 10 aromatic carbocycles. The van der Waals surface area contributed by atoms with Crippen LogP contribution in [-0.2, 0) is 5.41 Å². The Bertz CT molecular complexity index is 4740. The number of hydrogen-bond donors (Lipinski definition) is 0. The highest BCUT2D eigenvalue weighted by molar-refractivity contribution is 6.97. The summed E-state index contributed by atoms with van der Waals surface area (Å²) in [4.78, 5) is 4.99. The Hall–Kier alpha value is -9.91. The van der Waals surface area contributed by atoms with Crippen LogP contribution < -0.4 is 41.1 Å². The molecule has 0 radical (unpaired) electrons. The van der Waals surface area contributed by atoms with Gasteiger partial charge in [-0.25, -0.2) is 0 Å². The van der Waals surface area contributed by atoms with Crippen molar-refractivity contribution in [2.75, 3.05) is 9.80 Å². The van der Waals surface area contributed by atoms with E-state index in [-0.39, 0.29) is 18.8 Å². The molecule has 0 bridgehead atoms. The number of benzene rings is 10. The van der Waals surface area contributed by atoms with Gasteiger partial charge in [0.1, 0.15) is 23.0 Å². The number of fused-ring (bicyclic) bond motifs is 13. The SMILES string of the molecule is C=CC1=C(/C=C\C)N(c2ccccc2)c2cc(-n3c4ccccc4c4ccccc43)cc3c2B1c1cc2c(cc1O3)Oc1cc(-n3c4ccccc4c4ccccc43)cc3c1B2C1=C(c2ccccc2C1(CC)CC)N3c1ccccc1. The van der Waals surface area contributed by atoms with Crippen LogP contribution in [0.3, 0.4) is 0 Å². The molecular formula is C74H54B2N4O2. The van der Waals surface area contributed by atoms with Crippen LogP contribution in [0, 0.1) is 0 Å². The minimum absolute atomic E-state index is 0.164. The molecule has 388 valence electrons. The van der Waals surface area contributed by atoms with Crippen molar-refractivity contribution in [3.05, 3.63) is 271 Å². The monoisotopic (exact) mass is 1050 g/mol. The molecule has 4 aliphatic heterocycles. The fourth-order valence-corrected chi connectivity index (χ4v) is 15.4. The van der Waals surface area contributed by atoms with Gasteiger partial charge in [0.25, 0.3) is 13.4 Å². The molecule has 0 fully saturated rings. The molecular weight excluding hydrogens is 998 g/mol. The molecule has 0 saturated carbocycles. The summed E-state index contributed by atoms with van der Waals surface area (Å²) in [6.07, 6.45) is 8.38. The quantitative estimate of drug-likeness (QED) is 0.142. The zero-order chi connectivity index (χ0) is 54.5. The molecule has 12 aromatic rings. The highest BCUT2D eigenvalue weighted by Gasteiger charge is 2.55. The van der Waals surface area contributed by atoms with Gasteiger partial charge in [0.2, 0.25) is 0 Å². The minimum Gasteiger partial charge on any atom is -0.458 e. The number of aromatic nitrogens is 2. The lowest BCUT2D eigenvalue weighted by Gasteiger charge is -2.45. The van der Waals surface area contributed by atoms with Gasteiger partial charge in [0.15, 0.2) is 0 Å². The zero-order valence-electron chi connectivity index (χ0n) is 45.9. The molecule has 0 spiro atoms. The van der Waals surface area contributed by atoms with Crippen LogP contribution in [0.25, 0.3) is 60.7 Å². The molecule has 0 amide bonds. The van der Waals surface area contributed by atoms with E-state index in [2.05, 4.69) is 283 Å². The number of nitrogens with zero attached hydrogens (tertiary/aromatic N) is 4. The summed E-state index contributed by atoms with van der Waals surface area (Å²) in [7, 11) is 0. The third-order valence-electron chi connectivity index (χ3n) is 18.8. The average molecular weight is 1050 g/mol. The van der Waals surface area contributed by atoms with Crippen molar-refractivity contribution in [3.63, 3.8) is 0 Å². The number of hydrogen-bond acceptors (Lipinski definition) is 4. The number of ether oxygens (including phenoxy) is 2. The summed E-state index contributed by atoms with van der Waals surface area (Å²) < 4.78 is 20.1. The fraction of sp³-hybridized carbons (Fsp3) is 0.0811. The van der Waals surface area contributed by atoms with E-state index in [0.717, 1.165) is 120 Å². The van der Waals surface area contributed by atoms with Gasteiger partial charge in [-0.15, -0.1) is 0 Å². The standard InChI is InChI=1S/C74H54B2N4O2/c1-5-25-63-56(6-2)75-57-44-58-67(45-66(57)81-68-42-48(40-64(70(68)75)77(63)46-26-11-9-12-27-46)78-59-36-21-16-30-50(59)51-31-17-22-37-60(51)78)82-69-43-49(79-61-38-23-18-32-52(61)53-33-19-24-39-62(53)79)41-65-71(69)76(58)73-72(80(65)47-28-13-10-14-29-47)54-34-15-20-35-55(54)74(73,7-3)8-4/h5-6,9-45H,2,7-8H2,1,3-4H3/b25-5-. The van der Waals surface area contributed by atoms with Gasteiger partial charge < -0.3 is 28.4 Å².